The van der Waals surface area contributed by atoms with E-state index in [0.29, 0.717) is 17.1 Å². The number of nitrogens with two attached hydrogens (primary N) is 1. The zero-order valence-electron chi connectivity index (χ0n) is 9.86. The van der Waals surface area contributed by atoms with Gasteiger partial charge < -0.3 is 15.8 Å². The maximum atomic E-state index is 12.0. The van der Waals surface area contributed by atoms with Gasteiger partial charge in [-0.2, -0.15) is 4.37 Å². The number of aryl methyl sites for hydroxylation is 1. The predicted octanol–water partition coefficient (Wildman–Crippen LogP) is 1.20. The fraction of sp³-hybridized carbons (Fsp3) is 0.636. The van der Waals surface area contributed by atoms with Crippen LogP contribution in [-0.4, -0.2) is 29.5 Å². The molecule has 1 saturated heterocycles. The van der Waals surface area contributed by atoms with E-state index in [4.69, 9.17) is 10.5 Å². The molecule has 0 radical (unpaired) electrons. The summed E-state index contributed by atoms with van der Waals surface area (Å²) in [6, 6.07) is 0. The molecule has 17 heavy (non-hydrogen) atoms. The largest absolute Gasteiger partial charge is 0.389 e. The number of amides is 1. The van der Waals surface area contributed by atoms with Crippen LogP contribution < -0.4 is 11.1 Å². The van der Waals surface area contributed by atoms with Gasteiger partial charge in [0.2, 0.25) is 0 Å². The minimum Gasteiger partial charge on any atom is -0.389 e. The molecule has 1 fully saturated rings. The Morgan fingerprint density at radius 3 is 3.18 bits per heavy atom. The fourth-order valence-electron chi connectivity index (χ4n) is 1.92. The highest BCUT2D eigenvalue weighted by Gasteiger charge is 2.20. The molecular formula is C11H17N3O2S. The van der Waals surface area contributed by atoms with Crippen LogP contribution in [0.5, 0.6) is 0 Å². The third kappa shape index (κ3) is 2.76. The molecule has 1 aliphatic rings. The van der Waals surface area contributed by atoms with E-state index in [1.54, 1.807) is 0 Å². The maximum absolute atomic E-state index is 12.0. The summed E-state index contributed by atoms with van der Waals surface area (Å²) in [6.45, 7) is 3.31. The number of carbonyl (C=O) groups is 1. The van der Waals surface area contributed by atoms with Gasteiger partial charge in [0.1, 0.15) is 5.00 Å². The zero-order chi connectivity index (χ0) is 12.3. The van der Waals surface area contributed by atoms with Crippen molar-refractivity contribution in [3.05, 3.63) is 11.3 Å². The van der Waals surface area contributed by atoms with Crippen LogP contribution in [0.15, 0.2) is 0 Å². The number of carbonyl (C=O) groups excluding carboxylic acids is 1. The lowest BCUT2D eigenvalue weighted by Crippen LogP contribution is -2.32. The fourth-order valence-corrected chi connectivity index (χ4v) is 2.65. The molecule has 1 aromatic heterocycles. The van der Waals surface area contributed by atoms with Gasteiger partial charge in [-0.1, -0.05) is 6.92 Å². The maximum Gasteiger partial charge on any atom is 0.256 e. The first-order valence-corrected chi connectivity index (χ1v) is 6.63. The summed E-state index contributed by atoms with van der Waals surface area (Å²) in [7, 11) is 0. The van der Waals surface area contributed by atoms with Gasteiger partial charge in [-0.15, -0.1) is 0 Å². The number of anilines is 1. The van der Waals surface area contributed by atoms with Crippen LogP contribution >= 0.6 is 11.5 Å². The van der Waals surface area contributed by atoms with Crippen molar-refractivity contribution in [3.63, 3.8) is 0 Å². The lowest BCUT2D eigenvalue weighted by atomic mass is 10.2. The molecule has 1 aliphatic heterocycles. The smallest absolute Gasteiger partial charge is 0.256 e. The van der Waals surface area contributed by atoms with E-state index in [-0.39, 0.29) is 12.0 Å². The monoisotopic (exact) mass is 255 g/mol. The van der Waals surface area contributed by atoms with Crippen LogP contribution in [0.25, 0.3) is 0 Å². The van der Waals surface area contributed by atoms with Crippen molar-refractivity contribution in [1.82, 2.24) is 9.69 Å². The molecule has 5 nitrogen and oxygen atoms in total. The molecule has 0 saturated carbocycles. The highest BCUT2D eigenvalue weighted by atomic mass is 32.1. The second-order valence-electron chi connectivity index (χ2n) is 4.07. The highest BCUT2D eigenvalue weighted by molar-refractivity contribution is 7.10. The molecule has 1 amide bonds. The molecule has 94 valence electrons. The van der Waals surface area contributed by atoms with Crippen molar-refractivity contribution in [1.29, 1.82) is 0 Å². The van der Waals surface area contributed by atoms with Crippen molar-refractivity contribution >= 4 is 22.4 Å². The van der Waals surface area contributed by atoms with E-state index < -0.39 is 0 Å². The molecule has 0 aliphatic carbocycles. The molecule has 0 bridgehead atoms. The Bertz CT molecular complexity index is 399. The number of nitrogens with one attached hydrogen (secondary N) is 1. The van der Waals surface area contributed by atoms with Crippen LogP contribution in [0.4, 0.5) is 5.00 Å². The second-order valence-corrected chi connectivity index (χ2v) is 4.87. The number of nitrogens with zero attached hydrogens (tertiary/aromatic N) is 1. The van der Waals surface area contributed by atoms with Crippen molar-refractivity contribution in [2.45, 2.75) is 32.3 Å². The molecule has 1 unspecified atom stereocenters. The Balaban J connectivity index is 1.96. The summed E-state index contributed by atoms with van der Waals surface area (Å²) < 4.78 is 9.61. The van der Waals surface area contributed by atoms with Crippen molar-refractivity contribution in [2.24, 2.45) is 0 Å². The number of nitrogen functional groups attached to an aromatic ring is 1. The van der Waals surface area contributed by atoms with Gasteiger partial charge in [-0.05, 0) is 30.8 Å². The summed E-state index contributed by atoms with van der Waals surface area (Å²) in [4.78, 5) is 12.0. The Kier molecular flexibility index (Phi) is 3.96. The summed E-state index contributed by atoms with van der Waals surface area (Å²) in [5, 5.41) is 3.36. The summed E-state index contributed by atoms with van der Waals surface area (Å²) in [5.41, 5.74) is 7.08. The molecule has 0 spiro atoms. The average Bonchev–Trinajstić information content (AvgIpc) is 2.94. The molecule has 1 atom stereocenters. The third-order valence-corrected chi connectivity index (χ3v) is 3.58. The van der Waals surface area contributed by atoms with Gasteiger partial charge >= 0.3 is 0 Å². The zero-order valence-corrected chi connectivity index (χ0v) is 10.7. The van der Waals surface area contributed by atoms with E-state index in [9.17, 15) is 4.79 Å². The number of rotatable bonds is 4. The topological polar surface area (TPSA) is 77.2 Å². The second kappa shape index (κ2) is 5.46. The molecule has 6 heteroatoms. The quantitative estimate of drug-likeness (QED) is 0.847. The minimum absolute atomic E-state index is 0.136. The molecule has 2 rings (SSSR count). The average molecular weight is 255 g/mol. The van der Waals surface area contributed by atoms with Gasteiger partial charge in [0.05, 0.1) is 17.4 Å². The van der Waals surface area contributed by atoms with Gasteiger partial charge in [0, 0.05) is 13.2 Å². The van der Waals surface area contributed by atoms with E-state index in [2.05, 4.69) is 9.69 Å². The first-order chi connectivity index (χ1) is 8.22. The van der Waals surface area contributed by atoms with Gasteiger partial charge in [-0.25, -0.2) is 0 Å². The van der Waals surface area contributed by atoms with E-state index in [0.717, 1.165) is 31.6 Å². The van der Waals surface area contributed by atoms with Crippen LogP contribution in [0.3, 0.4) is 0 Å². The van der Waals surface area contributed by atoms with E-state index in [1.807, 2.05) is 6.92 Å². The van der Waals surface area contributed by atoms with Gasteiger partial charge in [-0.3, -0.25) is 4.79 Å². The molecule has 3 N–H and O–H groups in total. The number of ether oxygens (including phenoxy) is 1. The summed E-state index contributed by atoms with van der Waals surface area (Å²) in [6.07, 6.45) is 2.95. The summed E-state index contributed by atoms with van der Waals surface area (Å²) >= 11 is 1.18. The van der Waals surface area contributed by atoms with Crippen LogP contribution in [0.2, 0.25) is 0 Å². The number of hydrogen-bond donors (Lipinski definition) is 2. The lowest BCUT2D eigenvalue weighted by molar-refractivity contribution is 0.0858. The highest BCUT2D eigenvalue weighted by Crippen LogP contribution is 2.21. The standard InChI is InChI=1S/C11H17N3O2S/c1-2-8-9(10(12)17-14-8)11(15)13-6-7-4-3-5-16-7/h7H,2-6,12H2,1H3,(H,13,15). The van der Waals surface area contributed by atoms with Crippen molar-refractivity contribution in [2.75, 3.05) is 18.9 Å². The lowest BCUT2D eigenvalue weighted by Gasteiger charge is -2.10. The Morgan fingerprint density at radius 2 is 2.53 bits per heavy atom. The Morgan fingerprint density at radius 1 is 1.71 bits per heavy atom. The molecule has 1 aromatic rings. The SMILES string of the molecule is CCc1nsc(N)c1C(=O)NCC1CCCO1. The van der Waals surface area contributed by atoms with E-state index in [1.165, 1.54) is 11.5 Å². The summed E-state index contributed by atoms with van der Waals surface area (Å²) in [5.74, 6) is -0.136. The van der Waals surface area contributed by atoms with Crippen molar-refractivity contribution in [3.8, 4) is 0 Å². The molecular weight excluding hydrogens is 238 g/mol. The first kappa shape index (κ1) is 12.3. The van der Waals surface area contributed by atoms with Crippen LogP contribution in [0.1, 0.15) is 35.8 Å². The normalized spacial score (nSPS) is 19.5. The third-order valence-electron chi connectivity index (χ3n) is 2.87. The Hall–Kier alpha value is -1.14. The first-order valence-electron chi connectivity index (χ1n) is 5.86. The van der Waals surface area contributed by atoms with Crippen molar-refractivity contribution < 1.29 is 9.53 Å². The number of aromatic nitrogens is 1. The number of hydrogen-bond acceptors (Lipinski definition) is 5. The minimum atomic E-state index is -0.136. The Labute approximate surface area is 105 Å². The van der Waals surface area contributed by atoms with Gasteiger partial charge in [0.15, 0.2) is 0 Å². The predicted molar refractivity (Wildman–Crippen MR) is 67.2 cm³/mol. The van der Waals surface area contributed by atoms with Gasteiger partial charge in [0.25, 0.3) is 5.91 Å². The molecule has 0 aromatic carbocycles. The van der Waals surface area contributed by atoms with Crippen LogP contribution in [-0.2, 0) is 11.2 Å². The molecule has 2 heterocycles. The van der Waals surface area contributed by atoms with Crippen LogP contribution in [0, 0.1) is 0 Å². The van der Waals surface area contributed by atoms with E-state index >= 15 is 0 Å².